The van der Waals surface area contributed by atoms with Gasteiger partial charge in [-0.15, -0.1) is 16.4 Å². The maximum Gasteiger partial charge on any atom is 0.410 e. The Morgan fingerprint density at radius 3 is 2.87 bits per heavy atom. The highest BCUT2D eigenvalue weighted by Gasteiger charge is 2.46. The Morgan fingerprint density at radius 1 is 1.39 bits per heavy atom. The fourth-order valence-electron chi connectivity index (χ4n) is 3.84. The first-order valence-electron chi connectivity index (χ1n) is 9.33. The van der Waals surface area contributed by atoms with Crippen LogP contribution >= 0.6 is 11.3 Å². The minimum atomic E-state index is -4.42. The molecule has 0 bridgehead atoms. The zero-order chi connectivity index (χ0) is 22.1. The summed E-state index contributed by atoms with van der Waals surface area (Å²) in [7, 11) is 1.30. The van der Waals surface area contributed by atoms with Crippen molar-refractivity contribution in [1.82, 2.24) is 29.4 Å². The Morgan fingerprint density at radius 2 is 2.16 bits per heavy atom. The van der Waals surface area contributed by atoms with Gasteiger partial charge in [-0.05, 0) is 25.8 Å². The van der Waals surface area contributed by atoms with Crippen LogP contribution in [-0.4, -0.2) is 54.7 Å². The standard InChI is InChI=1S/C18H16F3N7O2S/c1-7-4-10(18(19,20)21)28-14(24-7)9(5-23-28)13-25-15-11-8(2)12(17(29)30-3)31-16(11)22-6-27(15)26-13/h5-7,10,24H,4H2,1-3H3/t7-,10+/m1/s1. The van der Waals surface area contributed by atoms with Gasteiger partial charge in [-0.2, -0.15) is 18.3 Å². The molecule has 0 radical (unpaired) electrons. The maximum atomic E-state index is 13.5. The normalized spacial score (nSPS) is 18.9. The minimum Gasteiger partial charge on any atom is -0.465 e. The Bertz CT molecular complexity index is 1340. The van der Waals surface area contributed by atoms with E-state index < -0.39 is 24.2 Å². The van der Waals surface area contributed by atoms with Crippen LogP contribution in [0.4, 0.5) is 19.0 Å². The second-order valence-electron chi connectivity index (χ2n) is 7.37. The summed E-state index contributed by atoms with van der Waals surface area (Å²) in [4.78, 5) is 21.9. The van der Waals surface area contributed by atoms with Crippen molar-refractivity contribution in [1.29, 1.82) is 0 Å². The van der Waals surface area contributed by atoms with Gasteiger partial charge >= 0.3 is 12.1 Å². The second kappa shape index (κ2) is 6.64. The Balaban J connectivity index is 1.68. The molecule has 1 N–H and O–H groups in total. The lowest BCUT2D eigenvalue weighted by atomic mass is 10.1. The number of ether oxygens (including phenoxy) is 1. The molecule has 0 spiro atoms. The molecule has 5 rings (SSSR count). The summed E-state index contributed by atoms with van der Waals surface area (Å²) in [5, 5.41) is 12.1. The number of anilines is 1. The SMILES string of the molecule is COC(=O)c1sc2ncn3nc(-c4cnn5c4N[C@H](C)C[C@H]5C(F)(F)F)nc3c2c1C. The van der Waals surface area contributed by atoms with Crippen LogP contribution in [0.3, 0.4) is 0 Å². The van der Waals surface area contributed by atoms with Gasteiger partial charge in [0.1, 0.15) is 21.9 Å². The predicted molar refractivity (Wildman–Crippen MR) is 106 cm³/mol. The summed E-state index contributed by atoms with van der Waals surface area (Å²) in [6.45, 7) is 3.45. The molecule has 0 fully saturated rings. The van der Waals surface area contributed by atoms with E-state index in [1.807, 2.05) is 0 Å². The van der Waals surface area contributed by atoms with Crippen molar-refractivity contribution >= 4 is 39.0 Å². The van der Waals surface area contributed by atoms with E-state index in [1.165, 1.54) is 35.5 Å². The van der Waals surface area contributed by atoms with Crippen molar-refractivity contribution in [2.24, 2.45) is 0 Å². The number of methoxy groups -OCH3 is 1. The Hall–Kier alpha value is -3.22. The number of nitrogens with zero attached hydrogens (tertiary/aromatic N) is 6. The highest BCUT2D eigenvalue weighted by atomic mass is 32.1. The van der Waals surface area contributed by atoms with Gasteiger partial charge in [0.25, 0.3) is 0 Å². The third-order valence-corrected chi connectivity index (χ3v) is 6.49. The second-order valence-corrected chi connectivity index (χ2v) is 8.37. The quantitative estimate of drug-likeness (QED) is 0.465. The molecule has 0 unspecified atom stereocenters. The van der Waals surface area contributed by atoms with E-state index >= 15 is 0 Å². The molecular weight excluding hydrogens is 435 g/mol. The van der Waals surface area contributed by atoms with E-state index in [2.05, 4.69) is 25.5 Å². The first-order chi connectivity index (χ1) is 14.7. The number of esters is 1. The number of nitrogens with one attached hydrogen (secondary N) is 1. The number of aromatic nitrogens is 6. The van der Waals surface area contributed by atoms with E-state index in [0.717, 1.165) is 4.68 Å². The molecule has 1 aliphatic rings. The van der Waals surface area contributed by atoms with Crippen LogP contribution in [0, 0.1) is 6.92 Å². The molecule has 31 heavy (non-hydrogen) atoms. The number of hydrogen-bond donors (Lipinski definition) is 1. The number of carbonyl (C=O) groups excluding carboxylic acids is 1. The highest BCUT2D eigenvalue weighted by Crippen LogP contribution is 2.42. The topological polar surface area (TPSA) is 99.2 Å². The van der Waals surface area contributed by atoms with Crippen molar-refractivity contribution in [2.75, 3.05) is 12.4 Å². The highest BCUT2D eigenvalue weighted by molar-refractivity contribution is 7.20. The number of hydrogen-bond acceptors (Lipinski definition) is 8. The van der Waals surface area contributed by atoms with Gasteiger partial charge in [0.2, 0.25) is 0 Å². The molecule has 0 saturated carbocycles. The summed E-state index contributed by atoms with van der Waals surface area (Å²) in [5.41, 5.74) is 1.46. The van der Waals surface area contributed by atoms with Gasteiger partial charge in [-0.25, -0.2) is 24.0 Å². The Labute approximate surface area is 176 Å². The van der Waals surface area contributed by atoms with E-state index in [9.17, 15) is 18.0 Å². The van der Waals surface area contributed by atoms with Gasteiger partial charge < -0.3 is 10.1 Å². The van der Waals surface area contributed by atoms with Crippen LogP contribution < -0.4 is 5.32 Å². The number of alkyl halides is 3. The molecule has 2 atom stereocenters. The first kappa shape index (κ1) is 19.7. The summed E-state index contributed by atoms with van der Waals surface area (Å²) in [5.74, 6) is -0.0396. The third-order valence-electron chi connectivity index (χ3n) is 5.31. The van der Waals surface area contributed by atoms with Crippen LogP contribution in [0.15, 0.2) is 12.5 Å². The number of carbonyl (C=O) groups is 1. The van der Waals surface area contributed by atoms with E-state index in [4.69, 9.17) is 4.74 Å². The van der Waals surface area contributed by atoms with Gasteiger partial charge in [0.05, 0.1) is 24.3 Å². The Kier molecular flexibility index (Phi) is 4.22. The van der Waals surface area contributed by atoms with Crippen LogP contribution in [-0.2, 0) is 4.74 Å². The lowest BCUT2D eigenvalue weighted by Gasteiger charge is -2.31. The molecule has 4 aromatic heterocycles. The fourth-order valence-corrected chi connectivity index (χ4v) is 4.90. The van der Waals surface area contributed by atoms with Gasteiger partial charge in [-0.1, -0.05) is 0 Å². The molecule has 0 aliphatic carbocycles. The van der Waals surface area contributed by atoms with Crippen molar-refractivity contribution in [3.63, 3.8) is 0 Å². The van der Waals surface area contributed by atoms with Crippen molar-refractivity contribution in [3.05, 3.63) is 23.0 Å². The monoisotopic (exact) mass is 451 g/mol. The van der Waals surface area contributed by atoms with Crippen molar-refractivity contribution < 1.29 is 22.7 Å². The molecule has 1 aliphatic heterocycles. The van der Waals surface area contributed by atoms with Gasteiger partial charge in [-0.3, -0.25) is 0 Å². The lowest BCUT2D eigenvalue weighted by Crippen LogP contribution is -2.38. The van der Waals surface area contributed by atoms with Crippen molar-refractivity contribution in [3.8, 4) is 11.4 Å². The summed E-state index contributed by atoms with van der Waals surface area (Å²) in [6, 6.07) is -2.12. The molecule has 13 heteroatoms. The molecule has 162 valence electrons. The van der Waals surface area contributed by atoms with E-state index in [-0.39, 0.29) is 18.1 Å². The molecule has 5 heterocycles. The summed E-state index contributed by atoms with van der Waals surface area (Å²) >= 11 is 1.18. The molecule has 4 aromatic rings. The van der Waals surface area contributed by atoms with Gasteiger partial charge in [0.15, 0.2) is 17.5 Å². The average molecular weight is 451 g/mol. The predicted octanol–water partition coefficient (Wildman–Crippen LogP) is 3.61. The molecule has 0 amide bonds. The molecule has 0 aromatic carbocycles. The van der Waals surface area contributed by atoms with Crippen LogP contribution in [0.2, 0.25) is 0 Å². The number of aryl methyl sites for hydroxylation is 1. The van der Waals surface area contributed by atoms with Crippen molar-refractivity contribution in [2.45, 2.75) is 38.5 Å². The van der Waals surface area contributed by atoms with Crippen LogP contribution in [0.1, 0.15) is 34.6 Å². The first-order valence-corrected chi connectivity index (χ1v) is 10.1. The summed E-state index contributed by atoms with van der Waals surface area (Å²) in [6.07, 6.45) is -1.76. The zero-order valence-corrected chi connectivity index (χ0v) is 17.4. The number of thiophene rings is 1. The fraction of sp³-hybridized carbons (Fsp3) is 0.389. The molecular formula is C18H16F3N7O2S. The smallest absolute Gasteiger partial charge is 0.410 e. The molecule has 0 saturated heterocycles. The number of fused-ring (bicyclic) bond motifs is 4. The molecule has 9 nitrogen and oxygen atoms in total. The summed E-state index contributed by atoms with van der Waals surface area (Å²) < 4.78 is 47.8. The largest absolute Gasteiger partial charge is 0.465 e. The van der Waals surface area contributed by atoms with Gasteiger partial charge in [0, 0.05) is 6.04 Å². The van der Waals surface area contributed by atoms with Crippen LogP contribution in [0.25, 0.3) is 27.3 Å². The van der Waals surface area contributed by atoms with E-state index in [0.29, 0.717) is 31.9 Å². The number of halogens is 3. The average Bonchev–Trinajstić information content (AvgIpc) is 3.40. The minimum absolute atomic E-state index is 0.120. The maximum absolute atomic E-state index is 13.5. The lowest BCUT2D eigenvalue weighted by molar-refractivity contribution is -0.173. The zero-order valence-electron chi connectivity index (χ0n) is 16.6. The van der Waals surface area contributed by atoms with E-state index in [1.54, 1.807) is 13.8 Å². The third kappa shape index (κ3) is 2.94. The van der Waals surface area contributed by atoms with Crippen LogP contribution in [0.5, 0.6) is 0 Å². The number of rotatable bonds is 2.